The van der Waals surface area contributed by atoms with E-state index in [-0.39, 0.29) is 0 Å². The van der Waals surface area contributed by atoms with Crippen molar-refractivity contribution in [2.24, 2.45) is 29.1 Å². The van der Waals surface area contributed by atoms with Crippen molar-refractivity contribution >= 4 is 0 Å². The largest absolute Gasteiger partial charge is 0.316 e. The van der Waals surface area contributed by atoms with Gasteiger partial charge in [-0.1, -0.05) is 27.7 Å². The Kier molecular flexibility index (Phi) is 1.76. The first kappa shape index (κ1) is 8.55. The number of hydrogen-bond donors (Lipinski definition) is 1. The van der Waals surface area contributed by atoms with E-state index in [1.54, 1.807) is 0 Å². The summed E-state index contributed by atoms with van der Waals surface area (Å²) in [6, 6.07) is 0. The van der Waals surface area contributed by atoms with Crippen LogP contribution < -0.4 is 5.32 Å². The summed E-state index contributed by atoms with van der Waals surface area (Å²) in [5, 5.41) is 3.57. The lowest BCUT2D eigenvalue weighted by atomic mass is 9.81. The van der Waals surface area contributed by atoms with Crippen molar-refractivity contribution in [2.45, 2.75) is 27.7 Å². The molecule has 1 aliphatic carbocycles. The van der Waals surface area contributed by atoms with E-state index < -0.39 is 0 Å². The van der Waals surface area contributed by atoms with Crippen molar-refractivity contribution in [3.63, 3.8) is 0 Å². The number of rotatable bonds is 1. The summed E-state index contributed by atoms with van der Waals surface area (Å²) in [5.74, 6) is 3.70. The third-order valence-electron chi connectivity index (χ3n) is 4.63. The summed E-state index contributed by atoms with van der Waals surface area (Å²) < 4.78 is 0. The highest BCUT2D eigenvalue weighted by atomic mass is 15.0. The normalized spacial score (nSPS) is 52.2. The molecule has 0 amide bonds. The van der Waals surface area contributed by atoms with Gasteiger partial charge in [0, 0.05) is 6.54 Å². The lowest BCUT2D eigenvalue weighted by molar-refractivity contribution is 0.270. The molecule has 0 aromatic carbocycles. The average molecular weight is 167 g/mol. The minimum Gasteiger partial charge on any atom is -0.316 e. The summed E-state index contributed by atoms with van der Waals surface area (Å²) in [5.41, 5.74) is 0.689. The molecule has 2 fully saturated rings. The van der Waals surface area contributed by atoms with Gasteiger partial charge in [0.25, 0.3) is 0 Å². The van der Waals surface area contributed by atoms with Crippen LogP contribution in [0.15, 0.2) is 0 Å². The fourth-order valence-corrected chi connectivity index (χ4v) is 3.51. The molecule has 0 radical (unpaired) electrons. The number of nitrogens with one attached hydrogen (secondary N) is 1. The highest BCUT2D eigenvalue weighted by molar-refractivity contribution is 5.14. The maximum Gasteiger partial charge on any atom is 0.00165 e. The molecule has 3 atom stereocenters. The van der Waals surface area contributed by atoms with E-state index in [4.69, 9.17) is 0 Å². The molecule has 1 aliphatic heterocycles. The van der Waals surface area contributed by atoms with Gasteiger partial charge in [0.1, 0.15) is 0 Å². The fourth-order valence-electron chi connectivity index (χ4n) is 3.51. The van der Waals surface area contributed by atoms with E-state index in [2.05, 4.69) is 33.0 Å². The zero-order valence-corrected chi connectivity index (χ0v) is 8.72. The van der Waals surface area contributed by atoms with Crippen molar-refractivity contribution in [1.29, 1.82) is 0 Å². The Labute approximate surface area is 75.9 Å². The minimum atomic E-state index is 0.689. The van der Waals surface area contributed by atoms with E-state index in [0.29, 0.717) is 5.41 Å². The Morgan fingerprint density at radius 3 is 2.17 bits per heavy atom. The van der Waals surface area contributed by atoms with Crippen LogP contribution in [0, 0.1) is 29.1 Å². The van der Waals surface area contributed by atoms with Crippen LogP contribution >= 0.6 is 0 Å². The van der Waals surface area contributed by atoms with Crippen LogP contribution in [0.5, 0.6) is 0 Å². The minimum absolute atomic E-state index is 0.689. The molecule has 0 bridgehead atoms. The van der Waals surface area contributed by atoms with Crippen LogP contribution in [0.2, 0.25) is 0 Å². The first-order chi connectivity index (χ1) is 5.60. The molecule has 1 saturated carbocycles. The standard InChI is InChI=1S/C11H21N/c1-7(2)10-5-12-6-11(10)8(3)9(11)4/h7-10,12H,5-6H2,1-4H3. The van der Waals surface area contributed by atoms with Gasteiger partial charge in [-0.3, -0.25) is 0 Å². The van der Waals surface area contributed by atoms with Crippen LogP contribution in [0.4, 0.5) is 0 Å². The Balaban J connectivity index is 2.16. The quantitative estimate of drug-likeness (QED) is 0.631. The van der Waals surface area contributed by atoms with Crippen molar-refractivity contribution in [3.8, 4) is 0 Å². The van der Waals surface area contributed by atoms with E-state index in [9.17, 15) is 0 Å². The van der Waals surface area contributed by atoms with Crippen LogP contribution in [0.1, 0.15) is 27.7 Å². The van der Waals surface area contributed by atoms with E-state index >= 15 is 0 Å². The van der Waals surface area contributed by atoms with Gasteiger partial charge in [0.2, 0.25) is 0 Å². The summed E-state index contributed by atoms with van der Waals surface area (Å²) in [6.07, 6.45) is 0. The monoisotopic (exact) mass is 167 g/mol. The Bertz CT molecular complexity index is 177. The molecule has 1 heteroatoms. The van der Waals surface area contributed by atoms with Gasteiger partial charge >= 0.3 is 0 Å². The van der Waals surface area contributed by atoms with Gasteiger partial charge in [0.15, 0.2) is 0 Å². The molecule has 3 unspecified atom stereocenters. The van der Waals surface area contributed by atoms with Crippen molar-refractivity contribution in [3.05, 3.63) is 0 Å². The van der Waals surface area contributed by atoms with E-state index in [1.165, 1.54) is 13.1 Å². The van der Waals surface area contributed by atoms with Crippen LogP contribution in [-0.2, 0) is 0 Å². The van der Waals surface area contributed by atoms with Crippen molar-refractivity contribution in [1.82, 2.24) is 5.32 Å². The maximum atomic E-state index is 3.57. The first-order valence-electron chi connectivity index (χ1n) is 5.31. The van der Waals surface area contributed by atoms with Crippen LogP contribution in [0.3, 0.4) is 0 Å². The first-order valence-corrected chi connectivity index (χ1v) is 5.31. The molecule has 2 rings (SSSR count). The van der Waals surface area contributed by atoms with Crippen molar-refractivity contribution < 1.29 is 0 Å². The van der Waals surface area contributed by atoms with Crippen LogP contribution in [0.25, 0.3) is 0 Å². The smallest absolute Gasteiger partial charge is 0.00165 e. The van der Waals surface area contributed by atoms with Gasteiger partial charge in [-0.15, -0.1) is 0 Å². The summed E-state index contributed by atoms with van der Waals surface area (Å²) in [6.45, 7) is 12.1. The molecule has 12 heavy (non-hydrogen) atoms. The van der Waals surface area contributed by atoms with E-state index in [1.807, 2.05) is 0 Å². The highest BCUT2D eigenvalue weighted by Crippen LogP contribution is 2.65. The molecule has 2 aliphatic rings. The lowest BCUT2D eigenvalue weighted by Gasteiger charge is -2.23. The second kappa shape index (κ2) is 2.47. The molecule has 1 spiro atoms. The van der Waals surface area contributed by atoms with Gasteiger partial charge in [-0.25, -0.2) is 0 Å². The Morgan fingerprint density at radius 2 is 1.83 bits per heavy atom. The van der Waals surface area contributed by atoms with Gasteiger partial charge in [0.05, 0.1) is 0 Å². The third kappa shape index (κ3) is 0.834. The average Bonchev–Trinajstić information content (AvgIpc) is 2.53. The predicted octanol–water partition coefficient (Wildman–Crippen LogP) is 2.13. The van der Waals surface area contributed by atoms with Gasteiger partial charge in [-0.2, -0.15) is 0 Å². The Hall–Kier alpha value is -0.0400. The predicted molar refractivity (Wildman–Crippen MR) is 52.0 cm³/mol. The number of hydrogen-bond acceptors (Lipinski definition) is 1. The van der Waals surface area contributed by atoms with Crippen LogP contribution in [-0.4, -0.2) is 13.1 Å². The molecular formula is C11H21N. The zero-order valence-electron chi connectivity index (χ0n) is 8.72. The molecule has 0 aromatic heterocycles. The molecule has 70 valence electrons. The second-order valence-electron chi connectivity index (χ2n) is 5.17. The summed E-state index contributed by atoms with van der Waals surface area (Å²) in [4.78, 5) is 0. The molecular weight excluding hydrogens is 146 g/mol. The molecule has 1 nitrogen and oxygen atoms in total. The summed E-state index contributed by atoms with van der Waals surface area (Å²) in [7, 11) is 0. The summed E-state index contributed by atoms with van der Waals surface area (Å²) >= 11 is 0. The molecule has 1 heterocycles. The third-order valence-corrected chi connectivity index (χ3v) is 4.63. The fraction of sp³-hybridized carbons (Fsp3) is 1.00. The highest BCUT2D eigenvalue weighted by Gasteiger charge is 2.64. The lowest BCUT2D eigenvalue weighted by Crippen LogP contribution is -2.22. The van der Waals surface area contributed by atoms with Gasteiger partial charge in [-0.05, 0) is 35.6 Å². The maximum absolute atomic E-state index is 3.57. The molecule has 0 aromatic rings. The second-order valence-corrected chi connectivity index (χ2v) is 5.17. The molecule has 1 N–H and O–H groups in total. The van der Waals surface area contributed by atoms with Gasteiger partial charge < -0.3 is 5.32 Å². The zero-order chi connectivity index (χ0) is 8.93. The Morgan fingerprint density at radius 1 is 1.25 bits per heavy atom. The molecule has 1 saturated heterocycles. The SMILES string of the molecule is CC(C)C1CNCC12C(C)C2C. The topological polar surface area (TPSA) is 12.0 Å². The van der Waals surface area contributed by atoms with Crippen molar-refractivity contribution in [2.75, 3.05) is 13.1 Å². The van der Waals surface area contributed by atoms with E-state index in [0.717, 1.165) is 23.7 Å².